The van der Waals surface area contributed by atoms with Crippen LogP contribution in [0.3, 0.4) is 0 Å². The first-order chi connectivity index (χ1) is 17.9. The largest absolute Gasteiger partial charge is 0.446 e. The molecule has 2 aliphatic rings. The second-order valence-electron chi connectivity index (χ2n) is 11.7. The molecule has 1 saturated carbocycles. The summed E-state index contributed by atoms with van der Waals surface area (Å²) in [4.78, 5) is 19.5. The maximum atomic E-state index is 13.9. The molecular weight excluding hydrogens is 456 g/mol. The predicted octanol–water partition coefficient (Wildman–Crippen LogP) is 8.34. The molecule has 1 N–H and O–H groups in total. The highest BCUT2D eigenvalue weighted by molar-refractivity contribution is 5.86. The van der Waals surface area contributed by atoms with Crippen molar-refractivity contribution in [2.45, 2.75) is 83.8 Å². The summed E-state index contributed by atoms with van der Waals surface area (Å²) in [5.41, 5.74) is 4.85. The third-order valence-corrected chi connectivity index (χ3v) is 8.84. The summed E-state index contributed by atoms with van der Waals surface area (Å²) < 4.78 is 6.49. The molecule has 0 radical (unpaired) electrons. The van der Waals surface area contributed by atoms with Crippen molar-refractivity contribution in [3.63, 3.8) is 0 Å². The molecular formula is C33H42N2O2. The normalized spacial score (nSPS) is 24.4. The van der Waals surface area contributed by atoms with Crippen LogP contribution in [0.25, 0.3) is 10.9 Å². The Kier molecular flexibility index (Phi) is 7.46. The maximum Gasteiger partial charge on any atom is 0.410 e. The Labute approximate surface area is 222 Å². The number of H-pyrrole nitrogens is 1. The number of hydrogen-bond donors (Lipinski definition) is 1. The molecule has 1 fully saturated rings. The molecule has 37 heavy (non-hydrogen) atoms. The summed E-state index contributed by atoms with van der Waals surface area (Å²) in [7, 11) is 0. The van der Waals surface area contributed by atoms with Crippen LogP contribution >= 0.6 is 0 Å². The Bertz CT molecular complexity index is 1240. The standard InChI is InChI=1S/C33H42N2O2/c1-5-6-8-17-29-31-26(25-15-11-12-16-28(25)34-31)20-21-35(29)32(36)37-30-22-23(2)18-19-27(30)33(3,4)24-13-9-7-10-14-24/h7-17,23,27,29-30,34H,5-6,18-22H2,1-4H3/b17-8+/t23?,27?,29-,30?/m1/s1. The third-order valence-electron chi connectivity index (χ3n) is 8.84. The molecule has 0 bridgehead atoms. The molecule has 0 spiro atoms. The van der Waals surface area contributed by atoms with Gasteiger partial charge in [-0.15, -0.1) is 0 Å². The van der Waals surface area contributed by atoms with Gasteiger partial charge in [-0.1, -0.05) is 101 Å². The van der Waals surface area contributed by atoms with E-state index in [1.165, 1.54) is 22.9 Å². The molecule has 196 valence electrons. The van der Waals surface area contributed by atoms with E-state index in [1.807, 2.05) is 4.90 Å². The summed E-state index contributed by atoms with van der Waals surface area (Å²) in [6.45, 7) is 9.78. The van der Waals surface area contributed by atoms with Gasteiger partial charge in [0.25, 0.3) is 0 Å². The quantitative estimate of drug-likeness (QED) is 0.347. The second kappa shape index (κ2) is 10.8. The number of rotatable bonds is 6. The van der Waals surface area contributed by atoms with E-state index in [1.54, 1.807) is 0 Å². The number of nitrogens with zero attached hydrogens (tertiary/aromatic N) is 1. The molecule has 4 atom stereocenters. The summed E-state index contributed by atoms with van der Waals surface area (Å²) in [5, 5.41) is 1.27. The average Bonchev–Trinajstić information content (AvgIpc) is 3.28. The molecule has 0 saturated heterocycles. The number of allylic oxidation sites excluding steroid dienone is 1. The zero-order valence-corrected chi connectivity index (χ0v) is 22.9. The van der Waals surface area contributed by atoms with Gasteiger partial charge in [-0.3, -0.25) is 4.90 Å². The molecule has 3 unspecified atom stereocenters. The number of aromatic amines is 1. The number of carbonyl (C=O) groups excluding carboxylic acids is 1. The maximum absolute atomic E-state index is 13.9. The fourth-order valence-electron chi connectivity index (χ4n) is 6.63. The fourth-order valence-corrected chi connectivity index (χ4v) is 6.63. The van der Waals surface area contributed by atoms with Crippen LogP contribution in [0, 0.1) is 11.8 Å². The monoisotopic (exact) mass is 498 g/mol. The van der Waals surface area contributed by atoms with E-state index in [-0.39, 0.29) is 29.6 Å². The number of para-hydroxylation sites is 1. The van der Waals surface area contributed by atoms with Gasteiger partial charge in [-0.25, -0.2) is 4.79 Å². The summed E-state index contributed by atoms with van der Waals surface area (Å²) in [5.74, 6) is 0.847. The van der Waals surface area contributed by atoms with E-state index >= 15 is 0 Å². The molecule has 5 rings (SSSR count). The summed E-state index contributed by atoms with van der Waals surface area (Å²) in [6.07, 6.45) is 10.3. The van der Waals surface area contributed by atoms with Gasteiger partial charge < -0.3 is 9.72 Å². The highest BCUT2D eigenvalue weighted by Crippen LogP contribution is 2.44. The van der Waals surface area contributed by atoms with Gasteiger partial charge in [-0.2, -0.15) is 0 Å². The van der Waals surface area contributed by atoms with Crippen LogP contribution in [0.4, 0.5) is 4.79 Å². The number of unbranched alkanes of at least 4 members (excludes halogenated alkanes) is 1. The van der Waals surface area contributed by atoms with Crippen molar-refractivity contribution in [3.05, 3.63) is 83.6 Å². The average molecular weight is 499 g/mol. The number of amides is 1. The Morgan fingerprint density at radius 1 is 1.11 bits per heavy atom. The Hall–Kier alpha value is -3.01. The number of carbonyl (C=O) groups is 1. The number of nitrogens with one attached hydrogen (secondary N) is 1. The fraction of sp³-hybridized carbons (Fsp3) is 0.485. The van der Waals surface area contributed by atoms with Crippen LogP contribution in [0.1, 0.15) is 82.7 Å². The van der Waals surface area contributed by atoms with Crippen LogP contribution in [-0.2, 0) is 16.6 Å². The molecule has 1 amide bonds. The molecule has 1 aliphatic heterocycles. The smallest absolute Gasteiger partial charge is 0.410 e. The van der Waals surface area contributed by atoms with Gasteiger partial charge in [0.1, 0.15) is 6.10 Å². The Balaban J connectivity index is 1.42. The molecule has 2 heterocycles. The van der Waals surface area contributed by atoms with Crippen LogP contribution in [0.15, 0.2) is 66.7 Å². The molecule has 4 heteroatoms. The van der Waals surface area contributed by atoms with Crippen LogP contribution in [0.2, 0.25) is 0 Å². The van der Waals surface area contributed by atoms with E-state index in [0.29, 0.717) is 12.5 Å². The number of fused-ring (bicyclic) bond motifs is 3. The van der Waals surface area contributed by atoms with Crippen LogP contribution < -0.4 is 0 Å². The van der Waals surface area contributed by atoms with Crippen LogP contribution in [0.5, 0.6) is 0 Å². The van der Waals surface area contributed by atoms with Crippen molar-refractivity contribution in [2.24, 2.45) is 11.8 Å². The number of ether oxygens (including phenoxy) is 1. The lowest BCUT2D eigenvalue weighted by Gasteiger charge is -2.45. The first-order valence-corrected chi connectivity index (χ1v) is 14.2. The Morgan fingerprint density at radius 2 is 1.86 bits per heavy atom. The van der Waals surface area contributed by atoms with Gasteiger partial charge in [-0.05, 0) is 54.2 Å². The molecule has 1 aromatic heterocycles. The molecule has 1 aliphatic carbocycles. The van der Waals surface area contributed by atoms with Gasteiger partial charge in [0.15, 0.2) is 0 Å². The summed E-state index contributed by atoms with van der Waals surface area (Å²) in [6, 6.07) is 19.1. The van der Waals surface area contributed by atoms with Crippen molar-refractivity contribution in [1.29, 1.82) is 0 Å². The van der Waals surface area contributed by atoms with Crippen molar-refractivity contribution >= 4 is 17.0 Å². The molecule has 3 aromatic rings. The zero-order valence-electron chi connectivity index (χ0n) is 22.9. The summed E-state index contributed by atoms with van der Waals surface area (Å²) >= 11 is 0. The lowest BCUT2D eigenvalue weighted by atomic mass is 9.64. The first-order valence-electron chi connectivity index (χ1n) is 14.2. The van der Waals surface area contributed by atoms with Gasteiger partial charge in [0, 0.05) is 29.1 Å². The zero-order chi connectivity index (χ0) is 26.0. The minimum Gasteiger partial charge on any atom is -0.446 e. The highest BCUT2D eigenvalue weighted by atomic mass is 16.6. The first kappa shape index (κ1) is 25.6. The van der Waals surface area contributed by atoms with E-state index in [2.05, 4.69) is 99.4 Å². The molecule has 2 aromatic carbocycles. The highest BCUT2D eigenvalue weighted by Gasteiger charge is 2.43. The van der Waals surface area contributed by atoms with Crippen molar-refractivity contribution in [2.75, 3.05) is 6.54 Å². The molecule has 4 nitrogen and oxygen atoms in total. The lowest BCUT2D eigenvalue weighted by molar-refractivity contribution is -0.0217. The number of benzene rings is 2. The van der Waals surface area contributed by atoms with Gasteiger partial charge in [0.05, 0.1) is 6.04 Å². The Morgan fingerprint density at radius 3 is 2.65 bits per heavy atom. The number of hydrogen-bond acceptors (Lipinski definition) is 2. The van der Waals surface area contributed by atoms with E-state index in [9.17, 15) is 4.79 Å². The van der Waals surface area contributed by atoms with Gasteiger partial charge >= 0.3 is 6.09 Å². The second-order valence-corrected chi connectivity index (χ2v) is 11.7. The SMILES string of the molecule is CCC/C=C/[C@@H]1c2[nH]c3ccccc3c2CCN1C(=O)OC1CC(C)CCC1C(C)(C)c1ccccc1. The predicted molar refractivity (Wildman–Crippen MR) is 152 cm³/mol. The topological polar surface area (TPSA) is 45.3 Å². The minimum absolute atomic E-state index is 0.0704. The minimum atomic E-state index is -0.177. The van der Waals surface area contributed by atoms with Crippen molar-refractivity contribution in [1.82, 2.24) is 9.88 Å². The number of aromatic nitrogens is 1. The van der Waals surface area contributed by atoms with E-state index in [4.69, 9.17) is 4.74 Å². The van der Waals surface area contributed by atoms with Crippen molar-refractivity contribution in [3.8, 4) is 0 Å². The lowest BCUT2D eigenvalue weighted by Crippen LogP contribution is -2.47. The third kappa shape index (κ3) is 5.08. The van der Waals surface area contributed by atoms with E-state index in [0.717, 1.165) is 43.3 Å². The van der Waals surface area contributed by atoms with Gasteiger partial charge in [0.2, 0.25) is 0 Å². The van der Waals surface area contributed by atoms with E-state index < -0.39 is 0 Å². The van der Waals surface area contributed by atoms with Crippen LogP contribution in [-0.4, -0.2) is 28.6 Å². The van der Waals surface area contributed by atoms with Crippen molar-refractivity contribution < 1.29 is 9.53 Å².